The number of hydrogen-bond acceptors (Lipinski definition) is 4. The molecular weight excluding hydrogens is 363 g/mol. The third-order valence-electron chi connectivity index (χ3n) is 3.50. The molecule has 1 amide bonds. The topological polar surface area (TPSA) is 56.8 Å². The molecule has 2 aromatic carbocycles. The lowest BCUT2D eigenvalue weighted by Crippen LogP contribution is -2.31. The lowest BCUT2D eigenvalue weighted by atomic mass is 10.1. The molecule has 5 nitrogen and oxygen atoms in total. The van der Waals surface area contributed by atoms with Crippen molar-refractivity contribution < 1.29 is 32.2 Å². The normalized spacial score (nSPS) is 12.2. The number of halogens is 3. The van der Waals surface area contributed by atoms with Crippen LogP contribution in [0, 0.1) is 0 Å². The fraction of sp³-hybridized carbons (Fsp3) is 0.316. The Hall–Kier alpha value is -2.90. The van der Waals surface area contributed by atoms with E-state index in [1.807, 2.05) is 6.92 Å². The van der Waals surface area contributed by atoms with Crippen molar-refractivity contribution in [3.8, 4) is 17.2 Å². The summed E-state index contributed by atoms with van der Waals surface area (Å²) < 4.78 is 51.2. The monoisotopic (exact) mass is 383 g/mol. The second-order valence-electron chi connectivity index (χ2n) is 5.57. The van der Waals surface area contributed by atoms with E-state index in [1.54, 1.807) is 31.2 Å². The number of hydrogen-bond donors (Lipinski definition) is 1. The summed E-state index contributed by atoms with van der Waals surface area (Å²) in [5.74, 6) is 0.307. The van der Waals surface area contributed by atoms with Crippen LogP contribution in [-0.4, -0.2) is 25.5 Å². The predicted octanol–water partition coefficient (Wildman–Crippen LogP) is 4.24. The van der Waals surface area contributed by atoms with Crippen molar-refractivity contribution in [3.63, 3.8) is 0 Å². The third-order valence-corrected chi connectivity index (χ3v) is 3.50. The van der Waals surface area contributed by atoms with Crippen molar-refractivity contribution in [1.82, 2.24) is 5.32 Å². The van der Waals surface area contributed by atoms with Gasteiger partial charge in [-0.15, -0.1) is 13.2 Å². The Morgan fingerprint density at radius 1 is 1.04 bits per heavy atom. The largest absolute Gasteiger partial charge is 0.573 e. The molecule has 8 heteroatoms. The van der Waals surface area contributed by atoms with Crippen molar-refractivity contribution in [2.75, 3.05) is 13.2 Å². The molecule has 0 aliphatic carbocycles. The fourth-order valence-electron chi connectivity index (χ4n) is 2.31. The molecule has 2 rings (SSSR count). The Kier molecular flexibility index (Phi) is 6.92. The minimum Gasteiger partial charge on any atom is -0.490 e. The van der Waals surface area contributed by atoms with Crippen LogP contribution < -0.4 is 19.5 Å². The summed E-state index contributed by atoms with van der Waals surface area (Å²) in [7, 11) is 0. The highest BCUT2D eigenvalue weighted by Gasteiger charge is 2.31. The molecule has 0 saturated carbocycles. The summed E-state index contributed by atoms with van der Waals surface area (Å²) in [6.45, 7) is 3.81. The lowest BCUT2D eigenvalue weighted by Gasteiger charge is -2.16. The van der Waals surface area contributed by atoms with Gasteiger partial charge in [-0.25, -0.2) is 0 Å². The smallest absolute Gasteiger partial charge is 0.490 e. The highest BCUT2D eigenvalue weighted by molar-refractivity contribution is 5.78. The molecule has 1 atom stereocenters. The molecule has 2 aromatic rings. The molecule has 0 aliphatic rings. The molecule has 0 heterocycles. The van der Waals surface area contributed by atoms with Gasteiger partial charge >= 0.3 is 6.36 Å². The van der Waals surface area contributed by atoms with Gasteiger partial charge in [0.2, 0.25) is 0 Å². The summed E-state index contributed by atoms with van der Waals surface area (Å²) >= 11 is 0. The summed E-state index contributed by atoms with van der Waals surface area (Å²) in [6, 6.07) is 11.9. The number of nitrogens with one attached hydrogen (secondary N) is 1. The molecule has 0 saturated heterocycles. The third kappa shape index (κ3) is 6.73. The van der Waals surface area contributed by atoms with Crippen LogP contribution in [0.3, 0.4) is 0 Å². The molecular formula is C19H20F3NO4. The maximum absolute atomic E-state index is 12.2. The van der Waals surface area contributed by atoms with Crippen molar-refractivity contribution in [3.05, 3.63) is 54.1 Å². The predicted molar refractivity (Wildman–Crippen MR) is 92.8 cm³/mol. The Bertz CT molecular complexity index is 747. The molecule has 0 fully saturated rings. The van der Waals surface area contributed by atoms with E-state index in [4.69, 9.17) is 9.47 Å². The number of rotatable bonds is 8. The second kappa shape index (κ2) is 9.16. The molecule has 0 aliphatic heterocycles. The zero-order valence-electron chi connectivity index (χ0n) is 14.9. The van der Waals surface area contributed by atoms with E-state index < -0.39 is 12.4 Å². The number of ether oxygens (including phenoxy) is 3. The van der Waals surface area contributed by atoms with E-state index >= 15 is 0 Å². The quantitative estimate of drug-likeness (QED) is 0.741. The van der Waals surface area contributed by atoms with E-state index in [0.29, 0.717) is 23.7 Å². The summed E-state index contributed by atoms with van der Waals surface area (Å²) in [5.41, 5.74) is 0.632. The summed E-state index contributed by atoms with van der Waals surface area (Å²) in [6.07, 6.45) is -4.74. The highest BCUT2D eigenvalue weighted by atomic mass is 19.4. The Balaban J connectivity index is 1.88. The number of carbonyl (C=O) groups is 1. The van der Waals surface area contributed by atoms with Crippen LogP contribution in [0.1, 0.15) is 25.5 Å². The van der Waals surface area contributed by atoms with Gasteiger partial charge in [-0.1, -0.05) is 24.3 Å². The van der Waals surface area contributed by atoms with Crippen LogP contribution in [0.25, 0.3) is 0 Å². The molecule has 0 radical (unpaired) electrons. The van der Waals surface area contributed by atoms with Crippen LogP contribution in [0.2, 0.25) is 0 Å². The van der Waals surface area contributed by atoms with E-state index in [9.17, 15) is 18.0 Å². The van der Waals surface area contributed by atoms with Crippen molar-refractivity contribution in [2.45, 2.75) is 26.3 Å². The molecule has 1 N–H and O–H groups in total. The lowest BCUT2D eigenvalue weighted by molar-refractivity contribution is -0.274. The molecule has 0 spiro atoms. The van der Waals surface area contributed by atoms with E-state index in [1.165, 1.54) is 24.3 Å². The van der Waals surface area contributed by atoms with E-state index in [-0.39, 0.29) is 18.3 Å². The zero-order chi connectivity index (χ0) is 19.9. The summed E-state index contributed by atoms with van der Waals surface area (Å²) in [4.78, 5) is 12.1. The van der Waals surface area contributed by atoms with Crippen LogP contribution in [0.4, 0.5) is 13.2 Å². The van der Waals surface area contributed by atoms with Gasteiger partial charge in [0.05, 0.1) is 12.6 Å². The molecule has 0 bridgehead atoms. The van der Waals surface area contributed by atoms with Crippen LogP contribution >= 0.6 is 0 Å². The molecule has 0 aromatic heterocycles. The van der Waals surface area contributed by atoms with Gasteiger partial charge in [0.1, 0.15) is 5.75 Å². The average Bonchev–Trinajstić information content (AvgIpc) is 2.60. The van der Waals surface area contributed by atoms with Gasteiger partial charge in [-0.3, -0.25) is 4.79 Å². The number of alkyl halides is 3. The van der Waals surface area contributed by atoms with Gasteiger partial charge < -0.3 is 19.5 Å². The van der Waals surface area contributed by atoms with Gasteiger partial charge in [0.25, 0.3) is 5.91 Å². The molecule has 146 valence electrons. The fourth-order valence-corrected chi connectivity index (χ4v) is 2.31. The van der Waals surface area contributed by atoms with Crippen LogP contribution in [-0.2, 0) is 4.79 Å². The first-order chi connectivity index (χ1) is 12.8. The van der Waals surface area contributed by atoms with Crippen molar-refractivity contribution in [2.24, 2.45) is 0 Å². The van der Waals surface area contributed by atoms with Crippen molar-refractivity contribution in [1.29, 1.82) is 0 Å². The zero-order valence-corrected chi connectivity index (χ0v) is 14.9. The average molecular weight is 383 g/mol. The first-order valence-corrected chi connectivity index (χ1v) is 8.28. The first kappa shape index (κ1) is 20.4. The second-order valence-corrected chi connectivity index (χ2v) is 5.57. The number of benzene rings is 2. The molecule has 27 heavy (non-hydrogen) atoms. The molecule has 1 unspecified atom stereocenters. The SMILES string of the molecule is CCOc1ccccc1OCC(=O)NC(C)c1ccc(OC(F)(F)F)cc1. The van der Waals surface area contributed by atoms with E-state index in [0.717, 1.165) is 0 Å². The summed E-state index contributed by atoms with van der Waals surface area (Å²) in [5, 5.41) is 2.72. The maximum atomic E-state index is 12.2. The van der Waals surface area contributed by atoms with Crippen LogP contribution in [0.15, 0.2) is 48.5 Å². The minimum atomic E-state index is -4.74. The van der Waals surface area contributed by atoms with Gasteiger partial charge in [-0.05, 0) is 43.7 Å². The maximum Gasteiger partial charge on any atom is 0.573 e. The van der Waals surface area contributed by atoms with Gasteiger partial charge in [-0.2, -0.15) is 0 Å². The Labute approximate surface area is 155 Å². The van der Waals surface area contributed by atoms with E-state index in [2.05, 4.69) is 10.1 Å². The van der Waals surface area contributed by atoms with Gasteiger partial charge in [0, 0.05) is 0 Å². The van der Waals surface area contributed by atoms with Crippen LogP contribution in [0.5, 0.6) is 17.2 Å². The number of para-hydroxylation sites is 2. The number of amides is 1. The highest BCUT2D eigenvalue weighted by Crippen LogP contribution is 2.26. The standard InChI is InChI=1S/C19H20F3NO4/c1-3-25-16-6-4-5-7-17(16)26-12-18(24)23-13(2)14-8-10-15(11-9-14)27-19(20,21)22/h4-11,13H,3,12H2,1-2H3,(H,23,24). The van der Waals surface area contributed by atoms with Gasteiger partial charge in [0.15, 0.2) is 18.1 Å². The van der Waals surface area contributed by atoms with Crippen molar-refractivity contribution >= 4 is 5.91 Å². The number of carbonyl (C=O) groups excluding carboxylic acids is 1. The minimum absolute atomic E-state index is 0.219. The Morgan fingerprint density at radius 3 is 2.19 bits per heavy atom. The Morgan fingerprint density at radius 2 is 1.63 bits per heavy atom. The first-order valence-electron chi connectivity index (χ1n) is 8.28.